The second kappa shape index (κ2) is 5.96. The molecule has 5 nitrogen and oxygen atoms in total. The Labute approximate surface area is 123 Å². The van der Waals surface area contributed by atoms with Crippen LogP contribution >= 0.6 is 11.6 Å². The Morgan fingerprint density at radius 2 is 1.90 bits per heavy atom. The van der Waals surface area contributed by atoms with Gasteiger partial charge in [0.05, 0.1) is 18.5 Å². The molecule has 0 atom stereocenters. The Morgan fingerprint density at radius 1 is 1.25 bits per heavy atom. The quantitative estimate of drug-likeness (QED) is 0.878. The van der Waals surface area contributed by atoms with Gasteiger partial charge in [-0.1, -0.05) is 12.1 Å². The topological polar surface area (TPSA) is 64.3 Å². The number of ether oxygens (including phenoxy) is 1. The van der Waals surface area contributed by atoms with Gasteiger partial charge in [-0.3, -0.25) is 0 Å². The molecule has 0 radical (unpaired) electrons. The number of anilines is 2. The minimum Gasteiger partial charge on any atom is -0.497 e. The van der Waals surface area contributed by atoms with Gasteiger partial charge in [-0.15, -0.1) is 0 Å². The average Bonchev–Trinajstić information content (AvgIpc) is 2.43. The van der Waals surface area contributed by atoms with E-state index in [9.17, 15) is 0 Å². The summed E-state index contributed by atoms with van der Waals surface area (Å²) in [5.41, 5.74) is 8.36. The number of nitrogens with two attached hydrogens (primary N) is 1. The Hall–Kier alpha value is -2.01. The molecule has 0 amide bonds. The van der Waals surface area contributed by atoms with Gasteiger partial charge in [-0.05, 0) is 36.2 Å². The number of aromatic nitrogens is 2. The third-order valence-corrected chi connectivity index (χ3v) is 3.20. The number of halogens is 1. The van der Waals surface area contributed by atoms with Gasteiger partial charge in [0.25, 0.3) is 0 Å². The van der Waals surface area contributed by atoms with Gasteiger partial charge in [-0.2, -0.15) is 4.98 Å². The predicted molar refractivity (Wildman–Crippen MR) is 81.3 cm³/mol. The zero-order valence-corrected chi connectivity index (χ0v) is 12.5. The fourth-order valence-corrected chi connectivity index (χ4v) is 2.11. The lowest BCUT2D eigenvalue weighted by Gasteiger charge is -2.20. The first kappa shape index (κ1) is 14.4. The lowest BCUT2D eigenvalue weighted by atomic mass is 10.2. The van der Waals surface area contributed by atoms with Crippen molar-refractivity contribution in [2.24, 2.45) is 0 Å². The maximum atomic E-state index is 6.01. The predicted octanol–water partition coefficient (Wildman–Crippen LogP) is 2.67. The van der Waals surface area contributed by atoms with Crippen molar-refractivity contribution in [3.05, 3.63) is 40.8 Å². The second-order valence-electron chi connectivity index (χ2n) is 4.52. The highest BCUT2D eigenvalue weighted by molar-refractivity contribution is 6.28. The molecule has 0 fully saturated rings. The van der Waals surface area contributed by atoms with Crippen LogP contribution in [0.4, 0.5) is 11.5 Å². The molecule has 0 saturated carbocycles. The average molecular weight is 293 g/mol. The third kappa shape index (κ3) is 3.11. The highest BCUT2D eigenvalue weighted by Crippen LogP contribution is 2.25. The maximum absolute atomic E-state index is 6.01. The highest BCUT2D eigenvalue weighted by atomic mass is 35.5. The molecule has 1 aromatic carbocycles. The summed E-state index contributed by atoms with van der Waals surface area (Å²) in [6.45, 7) is 2.48. The molecule has 0 saturated heterocycles. The number of hydrogen-bond donors (Lipinski definition) is 1. The van der Waals surface area contributed by atoms with Crippen LogP contribution in [0.25, 0.3) is 0 Å². The van der Waals surface area contributed by atoms with Crippen LogP contribution in [-0.2, 0) is 6.54 Å². The van der Waals surface area contributed by atoms with Gasteiger partial charge in [-0.25, -0.2) is 4.98 Å². The van der Waals surface area contributed by atoms with E-state index in [2.05, 4.69) is 9.97 Å². The van der Waals surface area contributed by atoms with Crippen molar-refractivity contribution < 1.29 is 4.74 Å². The van der Waals surface area contributed by atoms with Crippen LogP contribution in [0, 0.1) is 6.92 Å². The third-order valence-electron chi connectivity index (χ3n) is 3.03. The van der Waals surface area contributed by atoms with Gasteiger partial charge < -0.3 is 15.4 Å². The Kier molecular flexibility index (Phi) is 4.29. The van der Waals surface area contributed by atoms with Gasteiger partial charge in [0, 0.05) is 13.6 Å². The van der Waals surface area contributed by atoms with Gasteiger partial charge in [0.15, 0.2) is 5.82 Å². The van der Waals surface area contributed by atoms with Crippen LogP contribution in [-0.4, -0.2) is 24.1 Å². The number of benzene rings is 1. The molecule has 0 spiro atoms. The molecular formula is C14H17ClN4O. The fraction of sp³-hybridized carbons (Fsp3) is 0.286. The zero-order chi connectivity index (χ0) is 14.7. The van der Waals surface area contributed by atoms with Crippen molar-refractivity contribution in [1.29, 1.82) is 0 Å². The minimum absolute atomic E-state index is 0.202. The molecule has 2 rings (SSSR count). The Bertz CT molecular complexity index is 601. The number of nitrogens with zero attached hydrogens (tertiary/aromatic N) is 3. The molecule has 1 heterocycles. The minimum atomic E-state index is 0.202. The van der Waals surface area contributed by atoms with E-state index in [4.69, 9.17) is 22.1 Å². The van der Waals surface area contributed by atoms with Gasteiger partial charge in [0.1, 0.15) is 5.75 Å². The first-order valence-electron chi connectivity index (χ1n) is 6.15. The fourth-order valence-electron chi connectivity index (χ4n) is 1.90. The molecule has 6 heteroatoms. The number of rotatable bonds is 4. The van der Waals surface area contributed by atoms with Crippen molar-refractivity contribution in [2.75, 3.05) is 24.8 Å². The lowest BCUT2D eigenvalue weighted by Crippen LogP contribution is -2.20. The summed E-state index contributed by atoms with van der Waals surface area (Å²) >= 11 is 5.89. The van der Waals surface area contributed by atoms with Crippen molar-refractivity contribution in [3.63, 3.8) is 0 Å². The molecule has 106 valence electrons. The Morgan fingerprint density at radius 3 is 2.50 bits per heavy atom. The monoisotopic (exact) mass is 292 g/mol. The van der Waals surface area contributed by atoms with Gasteiger partial charge >= 0.3 is 0 Å². The Balaban J connectivity index is 2.21. The molecule has 0 bridgehead atoms. The van der Waals surface area contributed by atoms with Crippen LogP contribution in [0.15, 0.2) is 24.3 Å². The molecule has 0 aliphatic heterocycles. The molecule has 0 aliphatic rings. The summed E-state index contributed by atoms with van der Waals surface area (Å²) in [7, 11) is 3.56. The molecule has 0 unspecified atom stereocenters. The largest absolute Gasteiger partial charge is 0.497 e. The van der Waals surface area contributed by atoms with E-state index in [1.807, 2.05) is 43.1 Å². The number of nitrogen functional groups attached to an aromatic ring is 1. The molecule has 2 aromatic rings. The molecule has 1 aromatic heterocycles. The zero-order valence-electron chi connectivity index (χ0n) is 11.7. The van der Waals surface area contributed by atoms with Crippen LogP contribution in [0.1, 0.15) is 11.3 Å². The van der Waals surface area contributed by atoms with Crippen LogP contribution in [0.5, 0.6) is 5.75 Å². The van der Waals surface area contributed by atoms with Crippen molar-refractivity contribution >= 4 is 23.1 Å². The first-order valence-corrected chi connectivity index (χ1v) is 6.52. The van der Waals surface area contributed by atoms with E-state index in [1.165, 1.54) is 0 Å². The van der Waals surface area contributed by atoms with Gasteiger partial charge in [0.2, 0.25) is 5.28 Å². The lowest BCUT2D eigenvalue weighted by molar-refractivity contribution is 0.414. The summed E-state index contributed by atoms with van der Waals surface area (Å²) in [5, 5.41) is 0.202. The smallest absolute Gasteiger partial charge is 0.224 e. The summed E-state index contributed by atoms with van der Waals surface area (Å²) in [6, 6.07) is 7.85. The van der Waals surface area contributed by atoms with Crippen LogP contribution < -0.4 is 15.4 Å². The number of methoxy groups -OCH3 is 1. The first-order chi connectivity index (χ1) is 9.51. The molecular weight excluding hydrogens is 276 g/mol. The summed E-state index contributed by atoms with van der Waals surface area (Å²) in [5.74, 6) is 1.47. The van der Waals surface area contributed by atoms with E-state index in [0.717, 1.165) is 11.3 Å². The van der Waals surface area contributed by atoms with Crippen LogP contribution in [0.2, 0.25) is 5.28 Å². The number of hydrogen-bond acceptors (Lipinski definition) is 5. The molecule has 20 heavy (non-hydrogen) atoms. The maximum Gasteiger partial charge on any atom is 0.224 e. The molecule has 0 aliphatic carbocycles. The van der Waals surface area contributed by atoms with E-state index >= 15 is 0 Å². The van der Waals surface area contributed by atoms with Crippen molar-refractivity contribution in [3.8, 4) is 5.75 Å². The second-order valence-corrected chi connectivity index (χ2v) is 4.86. The normalized spacial score (nSPS) is 10.4. The SMILES string of the molecule is COc1ccc(CN(C)c2nc(Cl)nc(C)c2N)cc1. The van der Waals surface area contributed by atoms with Crippen LogP contribution in [0.3, 0.4) is 0 Å². The van der Waals surface area contributed by atoms with E-state index in [-0.39, 0.29) is 5.28 Å². The number of aryl methyl sites for hydroxylation is 1. The summed E-state index contributed by atoms with van der Waals surface area (Å²) < 4.78 is 5.14. The van der Waals surface area contributed by atoms with Crippen molar-refractivity contribution in [1.82, 2.24) is 9.97 Å². The van der Waals surface area contributed by atoms with E-state index < -0.39 is 0 Å². The highest BCUT2D eigenvalue weighted by Gasteiger charge is 2.12. The summed E-state index contributed by atoms with van der Waals surface area (Å²) in [4.78, 5) is 10.2. The summed E-state index contributed by atoms with van der Waals surface area (Å²) in [6.07, 6.45) is 0. The van der Waals surface area contributed by atoms with E-state index in [1.54, 1.807) is 7.11 Å². The standard InChI is InChI=1S/C14H17ClN4O/c1-9-12(16)13(18-14(15)17-9)19(2)8-10-4-6-11(20-3)7-5-10/h4-7H,8,16H2,1-3H3. The molecule has 2 N–H and O–H groups in total. The van der Waals surface area contributed by atoms with Crippen molar-refractivity contribution in [2.45, 2.75) is 13.5 Å². The van der Waals surface area contributed by atoms with E-state index in [0.29, 0.717) is 23.7 Å².